The molecule has 8 aromatic heterocycles. The Balaban J connectivity index is -0.000000357. The summed E-state index contributed by atoms with van der Waals surface area (Å²) in [6.45, 7) is 44.9. The highest BCUT2D eigenvalue weighted by molar-refractivity contribution is 5.82. The van der Waals surface area contributed by atoms with Crippen LogP contribution in [0.4, 0.5) is 0 Å². The lowest BCUT2D eigenvalue weighted by atomic mass is 10.2. The summed E-state index contributed by atoms with van der Waals surface area (Å²) in [6, 6.07) is 55.9. The second-order valence-corrected chi connectivity index (χ2v) is 17.3. The normalized spacial score (nSPS) is 9.41. The first-order chi connectivity index (χ1) is 54.3. The van der Waals surface area contributed by atoms with Crippen LogP contribution in [-0.2, 0) is 0 Å². The van der Waals surface area contributed by atoms with Gasteiger partial charge in [-0.2, -0.15) is 25.5 Å². The van der Waals surface area contributed by atoms with E-state index < -0.39 is 0 Å². The molecular formula is C91H126N18. The molecule has 0 unspecified atom stereocenters. The SMILES string of the molecule is C1=CCC=C1.C1=CCN=C1.C1=CN=CC1.CC.CC.CC.CC.CC.CC.CC.CC.CC.CC.CC.c1ccc2cnccc2c1.c1ccc2cnncc2c1.c1ccc2ncccc2c1.c1ccc2nccnc2c1.c1ccc2ncncc2c1.c1ccc2nnccc2c1.c1cnncn1.c1ncncn1. The molecule has 0 N–H and O–H groups in total. The maximum atomic E-state index is 4.18. The Morgan fingerprint density at radius 1 is 0.239 bits per heavy atom. The molecule has 0 amide bonds. The van der Waals surface area contributed by atoms with Crippen molar-refractivity contribution in [1.82, 2.24) is 80.4 Å². The lowest BCUT2D eigenvalue weighted by molar-refractivity contribution is 0.969. The summed E-state index contributed by atoms with van der Waals surface area (Å²) in [5.41, 5.74) is 4.91. The number of aromatic nitrogens is 16. The third-order valence-corrected chi connectivity index (χ3v) is 11.3. The molecule has 14 aromatic rings. The first-order valence-corrected chi connectivity index (χ1v) is 38.3. The second-order valence-electron chi connectivity index (χ2n) is 17.3. The second kappa shape index (κ2) is 88.2. The number of nitrogens with zero attached hydrogens (tertiary/aromatic N) is 18. The number of fused-ring (bicyclic) bond motifs is 6. The summed E-state index contributed by atoms with van der Waals surface area (Å²) >= 11 is 0. The van der Waals surface area contributed by atoms with Crippen molar-refractivity contribution >= 4 is 77.7 Å². The van der Waals surface area contributed by atoms with Crippen molar-refractivity contribution < 1.29 is 0 Å². The first-order valence-electron chi connectivity index (χ1n) is 38.3. The zero-order valence-corrected chi connectivity index (χ0v) is 69.3. The van der Waals surface area contributed by atoms with Crippen LogP contribution >= 0.6 is 0 Å². The molecule has 109 heavy (non-hydrogen) atoms. The number of benzene rings is 6. The van der Waals surface area contributed by atoms with Gasteiger partial charge in [0.25, 0.3) is 0 Å². The van der Waals surface area contributed by atoms with Crippen molar-refractivity contribution in [2.75, 3.05) is 6.54 Å². The Labute approximate surface area is 654 Å². The lowest BCUT2D eigenvalue weighted by Crippen LogP contribution is -1.79. The summed E-state index contributed by atoms with van der Waals surface area (Å²) in [4.78, 5) is 46.3. The molecular weight excluding hydrogens is 1350 g/mol. The molecule has 3 aliphatic rings. The lowest BCUT2D eigenvalue weighted by Gasteiger charge is -1.91. The number of hydrogen-bond acceptors (Lipinski definition) is 18. The van der Waals surface area contributed by atoms with Crippen LogP contribution in [0.3, 0.4) is 0 Å². The zero-order valence-electron chi connectivity index (χ0n) is 69.3. The summed E-state index contributed by atoms with van der Waals surface area (Å²) in [7, 11) is 0. The van der Waals surface area contributed by atoms with Crippen molar-refractivity contribution in [3.8, 4) is 0 Å². The smallest absolute Gasteiger partial charge is 0.138 e. The predicted octanol–water partition coefficient (Wildman–Crippen LogP) is 25.1. The maximum absolute atomic E-state index is 4.18. The molecule has 0 radical (unpaired) electrons. The maximum Gasteiger partial charge on any atom is 0.138 e. The van der Waals surface area contributed by atoms with Gasteiger partial charge in [0.05, 0.1) is 58.9 Å². The largest absolute Gasteiger partial charge is 0.289 e. The molecule has 17 rings (SSSR count). The summed E-state index contributed by atoms with van der Waals surface area (Å²) in [5.74, 6) is 0. The van der Waals surface area contributed by atoms with Gasteiger partial charge in [-0.05, 0) is 71.8 Å². The van der Waals surface area contributed by atoms with Crippen LogP contribution in [0.25, 0.3) is 65.3 Å². The molecule has 0 spiro atoms. The van der Waals surface area contributed by atoms with Gasteiger partial charge in [0.2, 0.25) is 0 Å². The number of pyridine rings is 2. The molecule has 10 heterocycles. The quantitative estimate of drug-likeness (QED) is 0.137. The van der Waals surface area contributed by atoms with Crippen molar-refractivity contribution in [3.05, 3.63) is 318 Å². The highest BCUT2D eigenvalue weighted by Gasteiger charge is 1.92. The molecule has 580 valence electrons. The Bertz CT molecular complexity index is 3210. The van der Waals surface area contributed by atoms with Crippen LogP contribution in [-0.4, -0.2) is 99.4 Å². The van der Waals surface area contributed by atoms with E-state index in [0.717, 1.165) is 68.5 Å². The Morgan fingerprint density at radius 2 is 0.670 bits per heavy atom. The van der Waals surface area contributed by atoms with Crippen molar-refractivity contribution in [1.29, 1.82) is 0 Å². The van der Waals surface area contributed by atoms with Crippen molar-refractivity contribution in [3.63, 3.8) is 0 Å². The molecule has 0 saturated heterocycles. The topological polar surface area (TPSA) is 231 Å². The molecule has 0 fully saturated rings. The van der Waals surface area contributed by atoms with E-state index in [1.54, 1.807) is 55.9 Å². The van der Waals surface area contributed by atoms with Gasteiger partial charge in [-0.3, -0.25) is 29.9 Å². The standard InChI is InChI=1S/2C9H7N.4C8H6N2.C5H6.2C4H5N.2C3H3N3.11C2H6/c1-2-6-9-8(4-1)5-3-7-10-9;1-2-4-9-7-10-6-5-8(9)3-1;1-2-4-8-7(3-1)5-9-6-10-8;1-2-4-8-6-10-9-5-7(8)3-1;1-2-4-8-7(3-1)9-5-6-10-8;1-2-4-8-7(3-1)5-6-9-10-8;3*1-2-4-5-3-1;1-4-2-6-3-5-1;1-2-5-6-3-4-1;11*1-2/h2*1-7H;4*1-6H;1-4H,5H2;1,3-4H,2H2;1-3H,4H2;2*1-3H;11*1-2H3. The van der Waals surface area contributed by atoms with Gasteiger partial charge >= 0.3 is 0 Å². The van der Waals surface area contributed by atoms with E-state index in [-0.39, 0.29) is 0 Å². The van der Waals surface area contributed by atoms with Crippen molar-refractivity contribution in [2.45, 2.75) is 165 Å². The highest BCUT2D eigenvalue weighted by Crippen LogP contribution is 2.12. The Kier molecular flexibility index (Phi) is 85.3. The van der Waals surface area contributed by atoms with Gasteiger partial charge in [-0.1, -0.05) is 310 Å². The number of para-hydroxylation sites is 4. The zero-order chi connectivity index (χ0) is 82.0. The van der Waals surface area contributed by atoms with Gasteiger partial charge < -0.3 is 0 Å². The molecule has 1 aliphatic carbocycles. The fourth-order valence-corrected chi connectivity index (χ4v) is 7.15. The highest BCUT2D eigenvalue weighted by atomic mass is 15.1. The fraction of sp³-hybridized carbons (Fsp3) is 0.275. The average molecular weight is 1470 g/mol. The minimum atomic E-state index is 0.889. The van der Waals surface area contributed by atoms with Gasteiger partial charge in [-0.25, -0.2) is 29.9 Å². The van der Waals surface area contributed by atoms with E-state index in [9.17, 15) is 0 Å². The number of rotatable bonds is 0. The van der Waals surface area contributed by atoms with E-state index >= 15 is 0 Å². The fourth-order valence-electron chi connectivity index (χ4n) is 7.15. The van der Waals surface area contributed by atoms with Crippen LogP contribution < -0.4 is 0 Å². The van der Waals surface area contributed by atoms with Crippen LogP contribution in [0.5, 0.6) is 0 Å². The van der Waals surface area contributed by atoms with Crippen LogP contribution in [0.1, 0.15) is 165 Å². The molecule has 0 saturated carbocycles. The minimum Gasteiger partial charge on any atom is -0.289 e. The first kappa shape index (κ1) is 105. The van der Waals surface area contributed by atoms with Crippen LogP contribution in [0.15, 0.2) is 328 Å². The van der Waals surface area contributed by atoms with E-state index in [2.05, 4.69) is 139 Å². The molecule has 0 atom stereocenters. The molecule has 18 heteroatoms. The van der Waals surface area contributed by atoms with Gasteiger partial charge in [0, 0.05) is 95.4 Å². The number of allylic oxidation sites excluding steroid dienone is 6. The summed E-state index contributed by atoms with van der Waals surface area (Å²) in [6.07, 6.45) is 48.3. The molecule has 6 aromatic carbocycles. The summed E-state index contributed by atoms with van der Waals surface area (Å²) in [5, 5.41) is 30.3. The van der Waals surface area contributed by atoms with Gasteiger partial charge in [0.15, 0.2) is 0 Å². The van der Waals surface area contributed by atoms with Crippen molar-refractivity contribution in [2.24, 2.45) is 9.98 Å². The average Bonchev–Trinajstić information content (AvgIpc) is 1.67. The van der Waals surface area contributed by atoms with E-state index in [0.29, 0.717) is 0 Å². The third-order valence-electron chi connectivity index (χ3n) is 11.3. The van der Waals surface area contributed by atoms with Crippen LogP contribution in [0.2, 0.25) is 0 Å². The Morgan fingerprint density at radius 3 is 1.04 bits per heavy atom. The molecule has 18 nitrogen and oxygen atoms in total. The summed E-state index contributed by atoms with van der Waals surface area (Å²) < 4.78 is 0. The van der Waals surface area contributed by atoms with E-state index in [4.69, 9.17) is 0 Å². The number of hydrogen-bond donors (Lipinski definition) is 0. The molecule has 2 aliphatic heterocycles. The monoisotopic (exact) mass is 1470 g/mol. The van der Waals surface area contributed by atoms with Crippen LogP contribution in [0, 0.1) is 0 Å². The minimum absolute atomic E-state index is 0.889. The molecule has 0 bridgehead atoms. The van der Waals surface area contributed by atoms with Gasteiger partial charge in [-0.15, -0.1) is 5.10 Å². The number of aliphatic imine (C=N–C) groups is 2. The Hall–Kier alpha value is -12.2. The van der Waals surface area contributed by atoms with E-state index in [1.165, 1.54) is 47.7 Å². The predicted molar refractivity (Wildman–Crippen MR) is 474 cm³/mol. The van der Waals surface area contributed by atoms with E-state index in [1.807, 2.05) is 347 Å². The van der Waals surface area contributed by atoms with Gasteiger partial charge in [0.1, 0.15) is 31.6 Å². The third kappa shape index (κ3) is 55.9.